The second-order valence-corrected chi connectivity index (χ2v) is 11.5. The van der Waals surface area contributed by atoms with Gasteiger partial charge in [0.05, 0.1) is 6.16 Å². The van der Waals surface area contributed by atoms with Gasteiger partial charge in [-0.05, 0) is 49.2 Å². The van der Waals surface area contributed by atoms with Crippen LogP contribution in [0.1, 0.15) is 19.8 Å². The van der Waals surface area contributed by atoms with Crippen molar-refractivity contribution in [3.8, 4) is 0 Å². The summed E-state index contributed by atoms with van der Waals surface area (Å²) in [5.41, 5.74) is 0.141. The number of hydrogen-bond acceptors (Lipinski definition) is 0. The lowest BCUT2D eigenvalue weighted by Gasteiger charge is -2.32. The summed E-state index contributed by atoms with van der Waals surface area (Å²) in [6.07, 6.45) is 12.8. The Morgan fingerprint density at radius 2 is 1.04 bits per heavy atom. The van der Waals surface area contributed by atoms with Gasteiger partial charge in [0.2, 0.25) is 0 Å². The molecule has 0 nitrogen and oxygen atoms in total. The Morgan fingerprint density at radius 1 is 0.643 bits per heavy atom. The van der Waals surface area contributed by atoms with Crippen LogP contribution in [0.4, 0.5) is 0 Å². The lowest BCUT2D eigenvalue weighted by molar-refractivity contribution is 0.526. The third kappa shape index (κ3) is 3.75. The Balaban J connectivity index is 1.87. The first-order valence-electron chi connectivity index (χ1n) is 10.1. The summed E-state index contributed by atoms with van der Waals surface area (Å²) in [5, 5.41) is 4.42. The van der Waals surface area contributed by atoms with Crippen molar-refractivity contribution in [1.29, 1.82) is 0 Å². The molecule has 1 aliphatic rings. The predicted molar refractivity (Wildman–Crippen MR) is 126 cm³/mol. The minimum absolute atomic E-state index is 0.141. The predicted octanol–water partition coefficient (Wildman–Crippen LogP) is 5.89. The van der Waals surface area contributed by atoms with Crippen molar-refractivity contribution in [1.82, 2.24) is 0 Å². The highest BCUT2D eigenvalue weighted by atomic mass is 31.2. The molecule has 0 aromatic heterocycles. The molecular weight excluding hydrogens is 355 g/mol. The van der Waals surface area contributed by atoms with Gasteiger partial charge in [-0.1, -0.05) is 85.8 Å². The van der Waals surface area contributed by atoms with Crippen LogP contribution in [0, 0.1) is 5.41 Å². The molecule has 0 heterocycles. The molecule has 4 rings (SSSR count). The van der Waals surface area contributed by atoms with Crippen LogP contribution in [0.5, 0.6) is 0 Å². The Bertz CT molecular complexity index is 831. The first kappa shape index (κ1) is 18.9. The Kier molecular flexibility index (Phi) is 5.60. The molecule has 140 valence electrons. The maximum Gasteiger partial charge on any atom is 0.112 e. The third-order valence-electron chi connectivity index (χ3n) is 5.85. The van der Waals surface area contributed by atoms with Crippen molar-refractivity contribution in [3.05, 3.63) is 115 Å². The molecule has 3 aromatic rings. The maximum absolute atomic E-state index is 2.41. The lowest BCUT2D eigenvalue weighted by atomic mass is 9.84. The van der Waals surface area contributed by atoms with E-state index in [1.165, 1.54) is 15.9 Å². The Labute approximate surface area is 170 Å². The van der Waals surface area contributed by atoms with Gasteiger partial charge in [0.25, 0.3) is 0 Å². The average molecular weight is 383 g/mol. The van der Waals surface area contributed by atoms with E-state index >= 15 is 0 Å². The summed E-state index contributed by atoms with van der Waals surface area (Å²) in [6.45, 7) is 2.37. The van der Waals surface area contributed by atoms with Crippen molar-refractivity contribution in [2.24, 2.45) is 5.41 Å². The van der Waals surface area contributed by atoms with Crippen molar-refractivity contribution in [2.45, 2.75) is 19.8 Å². The molecule has 1 aliphatic carbocycles. The highest BCUT2D eigenvalue weighted by Crippen LogP contribution is 2.57. The fraction of sp³-hybridized carbons (Fsp3) is 0.185. The van der Waals surface area contributed by atoms with Crippen LogP contribution in [-0.4, -0.2) is 6.16 Å². The molecular formula is C27H28P+. The van der Waals surface area contributed by atoms with Crippen molar-refractivity contribution in [2.75, 3.05) is 6.16 Å². The third-order valence-corrected chi connectivity index (χ3v) is 10.3. The van der Waals surface area contributed by atoms with Gasteiger partial charge in [-0.15, -0.1) is 0 Å². The summed E-state index contributed by atoms with van der Waals surface area (Å²) < 4.78 is 0. The zero-order valence-electron chi connectivity index (χ0n) is 16.5. The monoisotopic (exact) mass is 383 g/mol. The number of hydrogen-bond donors (Lipinski definition) is 0. The topological polar surface area (TPSA) is 0 Å². The van der Waals surface area contributed by atoms with Gasteiger partial charge in [0.15, 0.2) is 0 Å². The van der Waals surface area contributed by atoms with E-state index in [0.29, 0.717) is 0 Å². The molecule has 0 fully saturated rings. The van der Waals surface area contributed by atoms with E-state index in [-0.39, 0.29) is 5.41 Å². The second-order valence-electron chi connectivity index (χ2n) is 7.84. The fourth-order valence-electron chi connectivity index (χ4n) is 4.27. The molecule has 0 saturated carbocycles. The summed E-state index contributed by atoms with van der Waals surface area (Å²) in [7, 11) is -1.73. The van der Waals surface area contributed by atoms with E-state index in [1.54, 1.807) is 0 Å². The van der Waals surface area contributed by atoms with Crippen molar-refractivity contribution < 1.29 is 0 Å². The van der Waals surface area contributed by atoms with Crippen LogP contribution < -0.4 is 15.9 Å². The van der Waals surface area contributed by atoms with Gasteiger partial charge >= 0.3 is 0 Å². The summed E-state index contributed by atoms with van der Waals surface area (Å²) in [6, 6.07) is 33.6. The van der Waals surface area contributed by atoms with Gasteiger partial charge in [-0.25, -0.2) is 0 Å². The largest absolute Gasteiger partial charge is 0.112 e. The highest BCUT2D eigenvalue weighted by molar-refractivity contribution is 7.95. The number of benzene rings is 3. The van der Waals surface area contributed by atoms with Gasteiger partial charge in [-0.2, -0.15) is 0 Å². The van der Waals surface area contributed by atoms with Crippen LogP contribution in [0.15, 0.2) is 115 Å². The van der Waals surface area contributed by atoms with Gasteiger partial charge in [-0.3, -0.25) is 0 Å². The molecule has 0 unspecified atom stereocenters. The van der Waals surface area contributed by atoms with Gasteiger partial charge < -0.3 is 0 Å². The Hall–Kier alpha value is -2.43. The zero-order valence-corrected chi connectivity index (χ0v) is 17.4. The molecule has 0 radical (unpaired) electrons. The normalized spacial score (nSPS) is 15.5. The second kappa shape index (κ2) is 8.29. The number of rotatable bonds is 6. The molecule has 1 heteroatoms. The van der Waals surface area contributed by atoms with E-state index in [9.17, 15) is 0 Å². The standard InChI is InChI=1S/C27H28P/c1-27(20-12-5-13-21-27)22-23-28(24-14-6-2-7-15-24,25-16-8-3-9-17-25)26-18-10-4-11-19-26/h2-4,6-21H,5,22-23H2,1H3/q+1. The molecule has 0 bridgehead atoms. The molecule has 0 saturated heterocycles. The molecule has 0 amide bonds. The first-order valence-corrected chi connectivity index (χ1v) is 12.1. The van der Waals surface area contributed by atoms with Gasteiger partial charge in [0.1, 0.15) is 23.2 Å². The summed E-state index contributed by atoms with van der Waals surface area (Å²) in [4.78, 5) is 0. The van der Waals surface area contributed by atoms with E-state index in [2.05, 4.69) is 122 Å². The van der Waals surface area contributed by atoms with E-state index < -0.39 is 7.26 Å². The van der Waals surface area contributed by atoms with Crippen LogP contribution in [0.3, 0.4) is 0 Å². The number of allylic oxidation sites excluding steroid dienone is 4. The maximum atomic E-state index is 2.41. The van der Waals surface area contributed by atoms with Gasteiger partial charge in [0, 0.05) is 5.41 Å². The fourth-order valence-corrected chi connectivity index (χ4v) is 8.80. The summed E-state index contributed by atoms with van der Waals surface area (Å²) >= 11 is 0. The van der Waals surface area contributed by atoms with E-state index in [0.717, 1.165) is 19.0 Å². The SMILES string of the molecule is CC1(CC[P+](c2ccccc2)(c2ccccc2)c2ccccc2)C=CCC=C1. The molecule has 3 aromatic carbocycles. The van der Waals surface area contributed by atoms with Crippen LogP contribution in [0.2, 0.25) is 0 Å². The molecule has 0 atom stereocenters. The van der Waals surface area contributed by atoms with Crippen LogP contribution in [-0.2, 0) is 0 Å². The quantitative estimate of drug-likeness (QED) is 0.368. The minimum atomic E-state index is -1.73. The zero-order chi connectivity index (χ0) is 19.3. The molecule has 28 heavy (non-hydrogen) atoms. The minimum Gasteiger partial charge on any atom is -0.0839 e. The van der Waals surface area contributed by atoms with E-state index in [1.807, 2.05) is 0 Å². The molecule has 0 aliphatic heterocycles. The average Bonchev–Trinajstić information content (AvgIpc) is 2.77. The van der Waals surface area contributed by atoms with E-state index in [4.69, 9.17) is 0 Å². The first-order chi connectivity index (χ1) is 13.7. The highest BCUT2D eigenvalue weighted by Gasteiger charge is 2.45. The van der Waals surface area contributed by atoms with Crippen LogP contribution in [0.25, 0.3) is 0 Å². The molecule has 0 spiro atoms. The van der Waals surface area contributed by atoms with Crippen molar-refractivity contribution >= 4 is 23.2 Å². The smallest absolute Gasteiger partial charge is 0.0839 e. The van der Waals surface area contributed by atoms with Crippen LogP contribution >= 0.6 is 7.26 Å². The Morgan fingerprint density at radius 3 is 1.43 bits per heavy atom. The molecule has 0 N–H and O–H groups in total. The lowest BCUT2D eigenvalue weighted by Crippen LogP contribution is -2.34. The van der Waals surface area contributed by atoms with Crippen molar-refractivity contribution in [3.63, 3.8) is 0 Å². The summed E-state index contributed by atoms with van der Waals surface area (Å²) in [5.74, 6) is 0.